The molecule has 4 rings (SSSR count). The molecule has 1 atom stereocenters. The van der Waals surface area contributed by atoms with E-state index in [4.69, 9.17) is 14.1 Å². The quantitative estimate of drug-likeness (QED) is 0.915. The fourth-order valence-corrected chi connectivity index (χ4v) is 3.22. The van der Waals surface area contributed by atoms with Crippen LogP contribution >= 0.6 is 0 Å². The molecule has 0 amide bonds. The van der Waals surface area contributed by atoms with Crippen LogP contribution in [0.1, 0.15) is 36.9 Å². The Balaban J connectivity index is 1.47. The Kier molecular flexibility index (Phi) is 4.26. The van der Waals surface area contributed by atoms with Crippen LogP contribution < -0.4 is 5.32 Å². The van der Waals surface area contributed by atoms with Crippen LogP contribution in [0.15, 0.2) is 35.1 Å². The lowest BCUT2D eigenvalue weighted by atomic mass is 9.90. The monoisotopic (exact) mass is 314 g/mol. The molecule has 0 radical (unpaired) electrons. The minimum absolute atomic E-state index is 0.166. The Hall–Kier alpha value is -1.92. The molecule has 1 aliphatic carbocycles. The zero-order chi connectivity index (χ0) is 15.5. The summed E-state index contributed by atoms with van der Waals surface area (Å²) in [7, 11) is 0. The Morgan fingerprint density at radius 2 is 2.26 bits per heavy atom. The number of rotatable bonds is 5. The van der Waals surface area contributed by atoms with Gasteiger partial charge in [-0.3, -0.25) is 4.90 Å². The van der Waals surface area contributed by atoms with Gasteiger partial charge in [0, 0.05) is 18.8 Å². The van der Waals surface area contributed by atoms with E-state index in [1.807, 2.05) is 24.4 Å². The van der Waals surface area contributed by atoms with Gasteiger partial charge in [0.25, 0.3) is 0 Å². The minimum Gasteiger partial charge on any atom is -0.467 e. The third-order valence-electron chi connectivity index (χ3n) is 4.71. The highest BCUT2D eigenvalue weighted by molar-refractivity contribution is 5.33. The van der Waals surface area contributed by atoms with E-state index in [9.17, 15) is 0 Å². The first-order valence-corrected chi connectivity index (χ1v) is 8.33. The van der Waals surface area contributed by atoms with E-state index in [-0.39, 0.29) is 6.04 Å². The molecule has 3 heterocycles. The summed E-state index contributed by atoms with van der Waals surface area (Å²) in [5.74, 6) is 2.56. The van der Waals surface area contributed by atoms with Crippen LogP contribution in [0.25, 0.3) is 0 Å². The maximum Gasteiger partial charge on any atom is 0.150 e. The topological polar surface area (TPSA) is 63.4 Å². The van der Waals surface area contributed by atoms with Crippen molar-refractivity contribution in [3.8, 4) is 0 Å². The molecule has 0 unspecified atom stereocenters. The van der Waals surface area contributed by atoms with Gasteiger partial charge in [0.2, 0.25) is 0 Å². The molecule has 2 aliphatic rings. The van der Waals surface area contributed by atoms with Gasteiger partial charge in [0.05, 0.1) is 32.1 Å². The number of nitrogens with zero attached hydrogens (tertiary/aromatic N) is 3. The average molecular weight is 314 g/mol. The van der Waals surface area contributed by atoms with Crippen molar-refractivity contribution < 1.29 is 9.15 Å². The Bertz CT molecular complexity index is 627. The predicted molar refractivity (Wildman–Crippen MR) is 86.0 cm³/mol. The lowest BCUT2D eigenvalue weighted by Gasteiger charge is -2.44. The molecule has 1 N–H and O–H groups in total. The largest absolute Gasteiger partial charge is 0.467 e. The number of morpholine rings is 1. The van der Waals surface area contributed by atoms with E-state index in [0.29, 0.717) is 19.2 Å². The van der Waals surface area contributed by atoms with Gasteiger partial charge in [-0.05, 0) is 31.0 Å². The SMILES string of the molecule is c1coc(CNc2ccnc([C@H]3COCCN3C3CCC3)n2)c1. The van der Waals surface area contributed by atoms with Crippen LogP contribution in [-0.4, -0.2) is 40.7 Å². The van der Waals surface area contributed by atoms with Gasteiger partial charge in [-0.2, -0.15) is 0 Å². The van der Waals surface area contributed by atoms with E-state index in [2.05, 4.69) is 15.2 Å². The van der Waals surface area contributed by atoms with Crippen LogP contribution in [0.4, 0.5) is 5.82 Å². The molecule has 1 saturated heterocycles. The first kappa shape index (κ1) is 14.7. The van der Waals surface area contributed by atoms with Crippen molar-refractivity contribution in [2.45, 2.75) is 37.9 Å². The summed E-state index contributed by atoms with van der Waals surface area (Å²) in [6, 6.07) is 6.57. The smallest absolute Gasteiger partial charge is 0.150 e. The molecular formula is C17H22N4O2. The number of furan rings is 1. The normalized spacial score (nSPS) is 22.7. The molecule has 0 spiro atoms. The average Bonchev–Trinajstić information content (AvgIpc) is 3.06. The number of hydrogen-bond donors (Lipinski definition) is 1. The summed E-state index contributed by atoms with van der Waals surface area (Å²) in [4.78, 5) is 11.7. The van der Waals surface area contributed by atoms with Crippen molar-refractivity contribution in [3.63, 3.8) is 0 Å². The highest BCUT2D eigenvalue weighted by Crippen LogP contribution is 2.33. The summed E-state index contributed by atoms with van der Waals surface area (Å²) in [5.41, 5.74) is 0. The number of ether oxygens (including phenoxy) is 1. The lowest BCUT2D eigenvalue weighted by Crippen LogP contribution is -2.49. The summed E-state index contributed by atoms with van der Waals surface area (Å²) >= 11 is 0. The second-order valence-corrected chi connectivity index (χ2v) is 6.15. The van der Waals surface area contributed by atoms with Crippen LogP contribution in [0.3, 0.4) is 0 Å². The van der Waals surface area contributed by atoms with Crippen molar-refractivity contribution in [3.05, 3.63) is 42.2 Å². The van der Waals surface area contributed by atoms with E-state index in [1.165, 1.54) is 19.3 Å². The van der Waals surface area contributed by atoms with Gasteiger partial charge in [0.15, 0.2) is 0 Å². The van der Waals surface area contributed by atoms with Gasteiger partial charge in [-0.25, -0.2) is 9.97 Å². The number of nitrogens with one attached hydrogen (secondary N) is 1. The Labute approximate surface area is 135 Å². The van der Waals surface area contributed by atoms with Gasteiger partial charge >= 0.3 is 0 Å². The van der Waals surface area contributed by atoms with Crippen LogP contribution in [-0.2, 0) is 11.3 Å². The van der Waals surface area contributed by atoms with Crippen LogP contribution in [0.5, 0.6) is 0 Å². The number of anilines is 1. The summed E-state index contributed by atoms with van der Waals surface area (Å²) < 4.78 is 11.0. The molecule has 122 valence electrons. The van der Waals surface area contributed by atoms with Gasteiger partial charge < -0.3 is 14.5 Å². The first-order valence-electron chi connectivity index (χ1n) is 8.33. The molecule has 2 fully saturated rings. The maximum atomic E-state index is 5.69. The highest BCUT2D eigenvalue weighted by Gasteiger charge is 2.35. The maximum absolute atomic E-state index is 5.69. The van der Waals surface area contributed by atoms with E-state index in [0.717, 1.165) is 30.6 Å². The lowest BCUT2D eigenvalue weighted by molar-refractivity contribution is -0.0496. The van der Waals surface area contributed by atoms with Gasteiger partial charge in [-0.1, -0.05) is 6.42 Å². The summed E-state index contributed by atoms with van der Waals surface area (Å²) in [6.07, 6.45) is 7.40. The Morgan fingerprint density at radius 3 is 3.04 bits per heavy atom. The van der Waals surface area contributed by atoms with Gasteiger partial charge in [-0.15, -0.1) is 0 Å². The zero-order valence-electron chi connectivity index (χ0n) is 13.1. The second kappa shape index (κ2) is 6.68. The molecule has 1 saturated carbocycles. The minimum atomic E-state index is 0.166. The Morgan fingerprint density at radius 1 is 1.30 bits per heavy atom. The molecule has 0 aromatic carbocycles. The van der Waals surface area contributed by atoms with Crippen LogP contribution in [0.2, 0.25) is 0 Å². The molecule has 6 heteroatoms. The van der Waals surface area contributed by atoms with Crippen molar-refractivity contribution in [1.82, 2.24) is 14.9 Å². The second-order valence-electron chi connectivity index (χ2n) is 6.15. The first-order chi connectivity index (χ1) is 11.4. The fraction of sp³-hybridized carbons (Fsp3) is 0.529. The van der Waals surface area contributed by atoms with Crippen molar-refractivity contribution >= 4 is 5.82 Å². The number of aromatic nitrogens is 2. The van der Waals surface area contributed by atoms with Gasteiger partial charge in [0.1, 0.15) is 17.4 Å². The van der Waals surface area contributed by atoms with Crippen LogP contribution in [0, 0.1) is 0 Å². The molecule has 1 aliphatic heterocycles. The van der Waals surface area contributed by atoms with E-state index in [1.54, 1.807) is 6.26 Å². The van der Waals surface area contributed by atoms with E-state index < -0.39 is 0 Å². The highest BCUT2D eigenvalue weighted by atomic mass is 16.5. The van der Waals surface area contributed by atoms with Crippen molar-refractivity contribution in [1.29, 1.82) is 0 Å². The zero-order valence-corrected chi connectivity index (χ0v) is 13.1. The van der Waals surface area contributed by atoms with Crippen molar-refractivity contribution in [2.75, 3.05) is 25.1 Å². The number of hydrogen-bond acceptors (Lipinski definition) is 6. The standard InChI is InChI=1S/C17H22N4O2/c1-3-13(4-1)21-8-10-22-12-15(21)17-18-7-6-16(20-17)19-11-14-5-2-9-23-14/h2,5-7,9,13,15H,1,3-4,8,10-12H2,(H,18,19,20)/t15-/m1/s1. The molecule has 6 nitrogen and oxygen atoms in total. The third kappa shape index (κ3) is 3.23. The molecule has 2 aromatic rings. The molecule has 23 heavy (non-hydrogen) atoms. The predicted octanol–water partition coefficient (Wildman–Crippen LogP) is 2.61. The molecule has 2 aromatic heterocycles. The molecule has 0 bridgehead atoms. The van der Waals surface area contributed by atoms with E-state index >= 15 is 0 Å². The molecular weight excluding hydrogens is 292 g/mol. The summed E-state index contributed by atoms with van der Waals surface area (Å²) in [5, 5.41) is 3.29. The van der Waals surface area contributed by atoms with Crippen molar-refractivity contribution in [2.24, 2.45) is 0 Å². The fourth-order valence-electron chi connectivity index (χ4n) is 3.22. The summed E-state index contributed by atoms with van der Waals surface area (Å²) in [6.45, 7) is 3.08. The third-order valence-corrected chi connectivity index (χ3v) is 4.71.